The zero-order valence-electron chi connectivity index (χ0n) is 7.23. The Morgan fingerprint density at radius 1 is 1.57 bits per heavy atom. The number of nitrogens with two attached hydrogens (primary N) is 1. The minimum Gasteiger partial charge on any atom is -0.481 e. The molecule has 5 heteroatoms. The lowest BCUT2D eigenvalue weighted by atomic mass is 10.1. The number of fused-ring (bicyclic) bond motifs is 1. The first kappa shape index (κ1) is 8.55. The predicted octanol–water partition coefficient (Wildman–Crippen LogP) is 1.04. The van der Waals surface area contributed by atoms with E-state index in [0.717, 1.165) is 0 Å². The molecule has 3 N–H and O–H groups in total. The fourth-order valence-corrected chi connectivity index (χ4v) is 1.27. The van der Waals surface area contributed by atoms with Crippen molar-refractivity contribution in [1.82, 2.24) is 4.98 Å². The van der Waals surface area contributed by atoms with Gasteiger partial charge in [-0.15, -0.1) is 0 Å². The lowest BCUT2D eigenvalue weighted by Gasteiger charge is -1.94. The first-order chi connectivity index (χ1) is 6.65. The van der Waals surface area contributed by atoms with Crippen LogP contribution in [0, 0.1) is 0 Å². The van der Waals surface area contributed by atoms with Crippen molar-refractivity contribution >= 4 is 23.1 Å². The summed E-state index contributed by atoms with van der Waals surface area (Å²) in [6.45, 7) is 0. The monoisotopic (exact) mass is 192 g/mol. The maximum atomic E-state index is 10.4. The molecule has 5 nitrogen and oxygen atoms in total. The number of carbonyl (C=O) groups is 1. The molecule has 0 saturated heterocycles. The summed E-state index contributed by atoms with van der Waals surface area (Å²) in [5.74, 6) is -0.878. The second-order valence-corrected chi connectivity index (χ2v) is 2.92. The van der Waals surface area contributed by atoms with Gasteiger partial charge in [0, 0.05) is 0 Å². The van der Waals surface area contributed by atoms with Crippen molar-refractivity contribution in [3.8, 4) is 0 Å². The SMILES string of the molecule is Nc1nc2ccc(CC(=O)O)cc2o1. The zero-order valence-corrected chi connectivity index (χ0v) is 7.23. The topological polar surface area (TPSA) is 89.3 Å². The maximum absolute atomic E-state index is 10.4. The van der Waals surface area contributed by atoms with E-state index in [9.17, 15) is 4.79 Å². The highest BCUT2D eigenvalue weighted by Gasteiger charge is 2.05. The number of nitrogen functional groups attached to an aromatic ring is 1. The summed E-state index contributed by atoms with van der Waals surface area (Å²) >= 11 is 0. The first-order valence-electron chi connectivity index (χ1n) is 4.02. The van der Waals surface area contributed by atoms with Crippen LogP contribution in [0.2, 0.25) is 0 Å². The van der Waals surface area contributed by atoms with E-state index in [1.54, 1.807) is 18.2 Å². The number of hydrogen-bond acceptors (Lipinski definition) is 4. The van der Waals surface area contributed by atoms with Gasteiger partial charge in [-0.25, -0.2) is 0 Å². The van der Waals surface area contributed by atoms with Gasteiger partial charge < -0.3 is 15.3 Å². The third-order valence-corrected chi connectivity index (χ3v) is 1.82. The van der Waals surface area contributed by atoms with Gasteiger partial charge in [0.25, 0.3) is 6.01 Å². The molecule has 0 bridgehead atoms. The minimum atomic E-state index is -0.878. The number of rotatable bonds is 2. The Balaban J connectivity index is 2.45. The van der Waals surface area contributed by atoms with Crippen molar-refractivity contribution in [3.05, 3.63) is 23.8 Å². The van der Waals surface area contributed by atoms with Crippen molar-refractivity contribution < 1.29 is 14.3 Å². The van der Waals surface area contributed by atoms with Gasteiger partial charge in [-0.3, -0.25) is 4.79 Å². The number of carboxylic acids is 1. The fourth-order valence-electron chi connectivity index (χ4n) is 1.27. The zero-order chi connectivity index (χ0) is 10.1. The van der Waals surface area contributed by atoms with E-state index < -0.39 is 5.97 Å². The molecule has 72 valence electrons. The van der Waals surface area contributed by atoms with Crippen LogP contribution >= 0.6 is 0 Å². The van der Waals surface area contributed by atoms with E-state index in [4.69, 9.17) is 15.3 Å². The summed E-state index contributed by atoms with van der Waals surface area (Å²) in [5.41, 5.74) is 7.17. The lowest BCUT2D eigenvalue weighted by molar-refractivity contribution is -0.136. The molecule has 0 radical (unpaired) electrons. The van der Waals surface area contributed by atoms with Crippen molar-refractivity contribution in [1.29, 1.82) is 0 Å². The number of carboxylic acid groups (broad SMARTS) is 1. The number of benzene rings is 1. The van der Waals surface area contributed by atoms with Gasteiger partial charge >= 0.3 is 5.97 Å². The molecule has 0 aliphatic rings. The average Bonchev–Trinajstić information content (AvgIpc) is 2.42. The Morgan fingerprint density at radius 2 is 2.36 bits per heavy atom. The number of anilines is 1. The highest BCUT2D eigenvalue weighted by atomic mass is 16.4. The van der Waals surface area contributed by atoms with Crippen LogP contribution < -0.4 is 5.73 Å². The molecule has 1 aromatic carbocycles. The van der Waals surface area contributed by atoms with Gasteiger partial charge in [0.1, 0.15) is 5.52 Å². The van der Waals surface area contributed by atoms with Crippen LogP contribution in [0.15, 0.2) is 22.6 Å². The molecule has 0 atom stereocenters. The molecule has 0 unspecified atom stereocenters. The molecule has 0 fully saturated rings. The van der Waals surface area contributed by atoms with Crippen LogP contribution in [0.4, 0.5) is 6.01 Å². The quantitative estimate of drug-likeness (QED) is 0.741. The Bertz CT molecular complexity index is 490. The molecule has 0 aliphatic heterocycles. The van der Waals surface area contributed by atoms with E-state index in [1.165, 1.54) is 0 Å². The third-order valence-electron chi connectivity index (χ3n) is 1.82. The maximum Gasteiger partial charge on any atom is 0.307 e. The van der Waals surface area contributed by atoms with Crippen molar-refractivity contribution in [2.75, 3.05) is 5.73 Å². The van der Waals surface area contributed by atoms with E-state index >= 15 is 0 Å². The summed E-state index contributed by atoms with van der Waals surface area (Å²) in [6.07, 6.45) is -0.0312. The molecule has 0 amide bonds. The van der Waals surface area contributed by atoms with E-state index in [0.29, 0.717) is 16.7 Å². The molecule has 0 spiro atoms. The third kappa shape index (κ3) is 1.52. The molecular weight excluding hydrogens is 184 g/mol. The van der Waals surface area contributed by atoms with Crippen LogP contribution in [-0.4, -0.2) is 16.1 Å². The highest BCUT2D eigenvalue weighted by molar-refractivity contribution is 5.77. The highest BCUT2D eigenvalue weighted by Crippen LogP contribution is 2.18. The Kier molecular flexibility index (Phi) is 1.85. The summed E-state index contributed by atoms with van der Waals surface area (Å²) in [4.78, 5) is 14.3. The molecule has 1 heterocycles. The molecule has 0 aliphatic carbocycles. The van der Waals surface area contributed by atoms with Gasteiger partial charge in [0.05, 0.1) is 6.42 Å². The molecule has 14 heavy (non-hydrogen) atoms. The lowest BCUT2D eigenvalue weighted by Crippen LogP contribution is -1.99. The van der Waals surface area contributed by atoms with Gasteiger partial charge in [-0.2, -0.15) is 4.98 Å². The number of oxazole rings is 1. The van der Waals surface area contributed by atoms with Crippen molar-refractivity contribution in [3.63, 3.8) is 0 Å². The van der Waals surface area contributed by atoms with Gasteiger partial charge in [-0.1, -0.05) is 6.07 Å². The molecular formula is C9H8N2O3. The number of hydrogen-bond donors (Lipinski definition) is 2. The molecule has 0 saturated carbocycles. The second-order valence-electron chi connectivity index (χ2n) is 2.92. The Hall–Kier alpha value is -2.04. The second kappa shape index (κ2) is 3.02. The Labute approximate surface area is 79.2 Å². The standard InChI is InChI=1S/C9H8N2O3/c10-9-11-6-2-1-5(4-8(12)13)3-7(6)14-9/h1-3H,4H2,(H2,10,11)(H,12,13). The normalized spacial score (nSPS) is 10.6. The van der Waals surface area contributed by atoms with Crippen LogP contribution in [0.1, 0.15) is 5.56 Å². The summed E-state index contributed by atoms with van der Waals surface area (Å²) < 4.78 is 5.06. The van der Waals surface area contributed by atoms with Gasteiger partial charge in [0.2, 0.25) is 0 Å². The predicted molar refractivity (Wildman–Crippen MR) is 49.8 cm³/mol. The average molecular weight is 192 g/mol. The van der Waals surface area contributed by atoms with Crippen molar-refractivity contribution in [2.24, 2.45) is 0 Å². The van der Waals surface area contributed by atoms with Gasteiger partial charge in [0.15, 0.2) is 5.58 Å². The van der Waals surface area contributed by atoms with E-state index in [-0.39, 0.29) is 12.4 Å². The first-order valence-corrected chi connectivity index (χ1v) is 4.02. The number of aliphatic carboxylic acids is 1. The molecule has 2 rings (SSSR count). The van der Waals surface area contributed by atoms with Crippen LogP contribution in [-0.2, 0) is 11.2 Å². The summed E-state index contributed by atoms with van der Waals surface area (Å²) in [5, 5.41) is 8.57. The number of aromatic nitrogens is 1. The largest absolute Gasteiger partial charge is 0.481 e. The van der Waals surface area contributed by atoms with Gasteiger partial charge in [-0.05, 0) is 17.7 Å². The molecule has 2 aromatic rings. The van der Waals surface area contributed by atoms with Crippen LogP contribution in [0.5, 0.6) is 0 Å². The molecule has 1 aromatic heterocycles. The minimum absolute atomic E-state index is 0.0312. The van der Waals surface area contributed by atoms with Crippen molar-refractivity contribution in [2.45, 2.75) is 6.42 Å². The van der Waals surface area contributed by atoms with E-state index in [1.807, 2.05) is 0 Å². The number of nitrogens with zero attached hydrogens (tertiary/aromatic N) is 1. The Morgan fingerprint density at radius 3 is 3.07 bits per heavy atom. The fraction of sp³-hybridized carbons (Fsp3) is 0.111. The smallest absolute Gasteiger partial charge is 0.307 e. The summed E-state index contributed by atoms with van der Waals surface area (Å²) in [6, 6.07) is 5.10. The van der Waals surface area contributed by atoms with Crippen LogP contribution in [0.3, 0.4) is 0 Å². The van der Waals surface area contributed by atoms with Crippen LogP contribution in [0.25, 0.3) is 11.1 Å². The van der Waals surface area contributed by atoms with E-state index in [2.05, 4.69) is 4.98 Å². The summed E-state index contributed by atoms with van der Waals surface area (Å²) in [7, 11) is 0.